The first-order chi connectivity index (χ1) is 10.6. The fourth-order valence-electron chi connectivity index (χ4n) is 2.98. The number of fused-ring (bicyclic) bond motifs is 1. The summed E-state index contributed by atoms with van der Waals surface area (Å²) in [6.07, 6.45) is 1.60. The van der Waals surface area contributed by atoms with E-state index in [9.17, 15) is 9.18 Å². The molecule has 3 rings (SSSR count). The van der Waals surface area contributed by atoms with Crippen LogP contribution in [0.3, 0.4) is 0 Å². The van der Waals surface area contributed by atoms with Crippen molar-refractivity contribution < 1.29 is 13.9 Å². The molecule has 0 saturated heterocycles. The average Bonchev–Trinajstić information content (AvgIpc) is 2.54. The van der Waals surface area contributed by atoms with Crippen LogP contribution in [0.5, 0.6) is 5.75 Å². The van der Waals surface area contributed by atoms with E-state index < -0.39 is 0 Å². The van der Waals surface area contributed by atoms with E-state index in [0.717, 1.165) is 24.1 Å². The molecule has 0 aliphatic carbocycles. The number of hydrogen-bond donors (Lipinski definition) is 0. The number of halogens is 1. The number of carbonyl (C=O) groups is 1. The summed E-state index contributed by atoms with van der Waals surface area (Å²) >= 11 is 0. The van der Waals surface area contributed by atoms with Crippen LogP contribution in [-0.2, 0) is 6.42 Å². The van der Waals surface area contributed by atoms with Gasteiger partial charge in [0.15, 0.2) is 0 Å². The molecule has 0 N–H and O–H groups in total. The molecule has 1 unspecified atom stereocenters. The van der Waals surface area contributed by atoms with Gasteiger partial charge in [0.25, 0.3) is 5.91 Å². The van der Waals surface area contributed by atoms with E-state index in [1.165, 1.54) is 12.1 Å². The van der Waals surface area contributed by atoms with Gasteiger partial charge in [0, 0.05) is 11.7 Å². The maximum Gasteiger partial charge on any atom is 0.262 e. The predicted molar refractivity (Wildman–Crippen MR) is 84.0 cm³/mol. The van der Waals surface area contributed by atoms with Crippen LogP contribution in [0.4, 0.5) is 10.1 Å². The monoisotopic (exact) mass is 299 g/mol. The van der Waals surface area contributed by atoms with Gasteiger partial charge in [0.05, 0.1) is 12.7 Å². The van der Waals surface area contributed by atoms with Crippen molar-refractivity contribution in [3.63, 3.8) is 0 Å². The highest BCUT2D eigenvalue weighted by molar-refractivity contribution is 6.08. The van der Waals surface area contributed by atoms with Gasteiger partial charge in [-0.05, 0) is 55.7 Å². The molecule has 0 aromatic heterocycles. The van der Waals surface area contributed by atoms with Crippen molar-refractivity contribution in [2.75, 3.05) is 12.0 Å². The van der Waals surface area contributed by atoms with Gasteiger partial charge < -0.3 is 9.64 Å². The van der Waals surface area contributed by atoms with E-state index >= 15 is 0 Å². The second kappa shape index (κ2) is 5.79. The lowest BCUT2D eigenvalue weighted by molar-refractivity contribution is 0.0972. The lowest BCUT2D eigenvalue weighted by Gasteiger charge is -2.35. The Hall–Kier alpha value is -2.36. The zero-order chi connectivity index (χ0) is 15.7. The number of amides is 1. The van der Waals surface area contributed by atoms with Crippen LogP contribution < -0.4 is 9.64 Å². The van der Waals surface area contributed by atoms with Crippen molar-refractivity contribution in [2.45, 2.75) is 25.8 Å². The maximum atomic E-state index is 13.4. The molecule has 1 aliphatic rings. The van der Waals surface area contributed by atoms with E-state index in [1.54, 1.807) is 30.2 Å². The Balaban J connectivity index is 2.06. The summed E-state index contributed by atoms with van der Waals surface area (Å²) in [5.74, 6) is 0.171. The Labute approximate surface area is 129 Å². The zero-order valence-electron chi connectivity index (χ0n) is 12.7. The quantitative estimate of drug-likeness (QED) is 0.844. The van der Waals surface area contributed by atoms with E-state index in [2.05, 4.69) is 0 Å². The lowest BCUT2D eigenvalue weighted by Crippen LogP contribution is -2.42. The molecule has 1 atom stereocenters. The third-order valence-electron chi connectivity index (χ3n) is 4.13. The normalized spacial score (nSPS) is 17.0. The maximum absolute atomic E-state index is 13.4. The number of hydrogen-bond acceptors (Lipinski definition) is 2. The Bertz CT molecular complexity index is 714. The van der Waals surface area contributed by atoms with Crippen LogP contribution in [0.2, 0.25) is 0 Å². The number of carbonyl (C=O) groups excluding carboxylic acids is 1. The first-order valence-electron chi connectivity index (χ1n) is 7.37. The Morgan fingerprint density at radius 2 is 2.05 bits per heavy atom. The minimum absolute atomic E-state index is 0.0652. The number of rotatable bonds is 2. The van der Waals surface area contributed by atoms with Crippen molar-refractivity contribution in [2.24, 2.45) is 0 Å². The second-order valence-corrected chi connectivity index (χ2v) is 5.54. The van der Waals surface area contributed by atoms with Gasteiger partial charge >= 0.3 is 0 Å². The number of ether oxygens (including phenoxy) is 1. The Morgan fingerprint density at radius 1 is 1.27 bits per heavy atom. The number of nitrogens with zero attached hydrogens (tertiary/aromatic N) is 1. The molecule has 2 aromatic carbocycles. The van der Waals surface area contributed by atoms with Crippen molar-refractivity contribution in [3.05, 3.63) is 59.4 Å². The third kappa shape index (κ3) is 2.45. The van der Waals surface area contributed by atoms with Crippen LogP contribution in [0, 0.1) is 5.82 Å². The molecule has 2 aromatic rings. The molecule has 1 heterocycles. The van der Waals surface area contributed by atoms with E-state index in [-0.39, 0.29) is 17.8 Å². The largest absolute Gasteiger partial charge is 0.496 e. The van der Waals surface area contributed by atoms with Gasteiger partial charge in [-0.3, -0.25) is 4.79 Å². The molecule has 0 radical (unpaired) electrons. The summed E-state index contributed by atoms with van der Waals surface area (Å²) in [7, 11) is 1.55. The topological polar surface area (TPSA) is 29.5 Å². The Kier molecular flexibility index (Phi) is 3.84. The number of anilines is 1. The molecule has 0 saturated carbocycles. The minimum atomic E-state index is -0.266. The van der Waals surface area contributed by atoms with E-state index in [1.807, 2.05) is 19.1 Å². The van der Waals surface area contributed by atoms with Gasteiger partial charge in [0.1, 0.15) is 11.6 Å². The zero-order valence-corrected chi connectivity index (χ0v) is 12.7. The first kappa shape index (κ1) is 14.6. The fourth-order valence-corrected chi connectivity index (χ4v) is 2.98. The molecule has 114 valence electrons. The first-order valence-corrected chi connectivity index (χ1v) is 7.37. The predicted octanol–water partition coefficient (Wildman–Crippen LogP) is 3.82. The summed E-state index contributed by atoms with van der Waals surface area (Å²) in [6, 6.07) is 11.8. The van der Waals surface area contributed by atoms with Crippen LogP contribution in [0.25, 0.3) is 0 Å². The standard InChI is InChI=1S/C18H18FNO2/c1-12-7-8-13-11-14(19)9-10-16(13)20(12)18(21)15-5-3-4-6-17(15)22-2/h3-6,9-12H,7-8H2,1-2H3. The van der Waals surface area contributed by atoms with Crippen molar-refractivity contribution in [1.82, 2.24) is 0 Å². The van der Waals surface area contributed by atoms with Gasteiger partial charge in [-0.2, -0.15) is 0 Å². The molecule has 3 nitrogen and oxygen atoms in total. The second-order valence-electron chi connectivity index (χ2n) is 5.54. The smallest absolute Gasteiger partial charge is 0.262 e. The molecule has 1 aliphatic heterocycles. The number of methoxy groups -OCH3 is 1. The molecule has 4 heteroatoms. The van der Waals surface area contributed by atoms with Crippen molar-refractivity contribution in [1.29, 1.82) is 0 Å². The summed E-state index contributed by atoms with van der Waals surface area (Å²) in [6.45, 7) is 2.01. The van der Waals surface area contributed by atoms with Gasteiger partial charge in [-0.25, -0.2) is 4.39 Å². The average molecular weight is 299 g/mol. The highest BCUT2D eigenvalue weighted by Gasteiger charge is 2.30. The van der Waals surface area contributed by atoms with Gasteiger partial charge in [0.2, 0.25) is 0 Å². The Morgan fingerprint density at radius 3 is 2.82 bits per heavy atom. The van der Waals surface area contributed by atoms with E-state index in [4.69, 9.17) is 4.74 Å². The summed E-state index contributed by atoms with van der Waals surface area (Å²) in [5, 5.41) is 0. The van der Waals surface area contributed by atoms with Crippen LogP contribution in [0.1, 0.15) is 29.3 Å². The van der Waals surface area contributed by atoms with Crippen LogP contribution in [0.15, 0.2) is 42.5 Å². The summed E-state index contributed by atoms with van der Waals surface area (Å²) in [5.41, 5.74) is 2.19. The third-order valence-corrected chi connectivity index (χ3v) is 4.13. The SMILES string of the molecule is COc1ccccc1C(=O)N1c2ccc(F)cc2CCC1C. The van der Waals surface area contributed by atoms with Gasteiger partial charge in [-0.15, -0.1) is 0 Å². The summed E-state index contributed by atoms with van der Waals surface area (Å²) in [4.78, 5) is 14.7. The van der Waals surface area contributed by atoms with Crippen LogP contribution >= 0.6 is 0 Å². The molecule has 0 fully saturated rings. The van der Waals surface area contributed by atoms with Crippen molar-refractivity contribution >= 4 is 11.6 Å². The van der Waals surface area contributed by atoms with Crippen molar-refractivity contribution in [3.8, 4) is 5.75 Å². The molecule has 0 spiro atoms. The molecule has 1 amide bonds. The van der Waals surface area contributed by atoms with Crippen LogP contribution in [-0.4, -0.2) is 19.1 Å². The molecular weight excluding hydrogens is 281 g/mol. The number of para-hydroxylation sites is 1. The fraction of sp³-hybridized carbons (Fsp3) is 0.278. The lowest BCUT2D eigenvalue weighted by atomic mass is 9.95. The highest BCUT2D eigenvalue weighted by atomic mass is 19.1. The van der Waals surface area contributed by atoms with Gasteiger partial charge in [-0.1, -0.05) is 12.1 Å². The molecular formula is C18H18FNO2. The number of aryl methyl sites for hydroxylation is 1. The highest BCUT2D eigenvalue weighted by Crippen LogP contribution is 2.33. The molecule has 22 heavy (non-hydrogen) atoms. The van der Waals surface area contributed by atoms with E-state index in [0.29, 0.717) is 11.3 Å². The molecule has 0 bridgehead atoms. The summed E-state index contributed by atoms with van der Waals surface area (Å²) < 4.78 is 18.7. The number of benzene rings is 2. The minimum Gasteiger partial charge on any atom is -0.496 e.